The van der Waals surface area contributed by atoms with Gasteiger partial charge in [-0.15, -0.1) is 10.2 Å². The van der Waals surface area contributed by atoms with Crippen LogP contribution in [0.15, 0.2) is 45.9 Å². The summed E-state index contributed by atoms with van der Waals surface area (Å²) < 4.78 is 6.09. The number of nitrogens with zero attached hydrogens (tertiary/aromatic N) is 4. The minimum atomic E-state index is -1.05. The lowest BCUT2D eigenvalue weighted by Crippen LogP contribution is -2.45. The van der Waals surface area contributed by atoms with E-state index in [0.29, 0.717) is 6.54 Å². The molecule has 0 bridgehead atoms. The summed E-state index contributed by atoms with van der Waals surface area (Å²) in [5, 5.41) is 23.1. The highest BCUT2D eigenvalue weighted by Gasteiger charge is 2.31. The Balaban J connectivity index is 1.82. The maximum absolute atomic E-state index is 12.5. The van der Waals surface area contributed by atoms with Crippen molar-refractivity contribution in [1.29, 1.82) is 0 Å². The molecule has 0 aliphatic carbocycles. The minimum absolute atomic E-state index is 0.178. The maximum atomic E-state index is 12.5. The third kappa shape index (κ3) is 4.49. The summed E-state index contributed by atoms with van der Waals surface area (Å²) in [6.45, 7) is 4.09. The topological polar surface area (TPSA) is 135 Å². The SMILES string of the molecule is Cn1c(C(C)(C)NC(=O)c2nnco2)nc(CNCc2ccccc2)c(O)c1=O. The average Bonchev–Trinajstić information content (AvgIpc) is 3.23. The van der Waals surface area contributed by atoms with Crippen LogP contribution in [0.1, 0.15) is 41.6 Å². The monoisotopic (exact) mass is 398 g/mol. The van der Waals surface area contributed by atoms with Gasteiger partial charge in [-0.1, -0.05) is 30.3 Å². The van der Waals surface area contributed by atoms with E-state index in [4.69, 9.17) is 4.42 Å². The smallest absolute Gasteiger partial charge is 0.309 e. The fourth-order valence-electron chi connectivity index (χ4n) is 2.90. The molecule has 0 radical (unpaired) electrons. The minimum Gasteiger partial charge on any atom is -0.502 e. The maximum Gasteiger partial charge on any atom is 0.309 e. The number of amides is 1. The van der Waals surface area contributed by atoms with Crippen LogP contribution >= 0.6 is 0 Å². The van der Waals surface area contributed by atoms with Gasteiger partial charge in [-0.3, -0.25) is 14.2 Å². The van der Waals surface area contributed by atoms with E-state index in [1.54, 1.807) is 13.8 Å². The molecule has 152 valence electrons. The van der Waals surface area contributed by atoms with Crippen LogP contribution in [0, 0.1) is 0 Å². The number of carbonyl (C=O) groups excluding carboxylic acids is 1. The van der Waals surface area contributed by atoms with E-state index in [2.05, 4.69) is 25.8 Å². The van der Waals surface area contributed by atoms with Crippen molar-refractivity contribution in [3.63, 3.8) is 0 Å². The largest absolute Gasteiger partial charge is 0.502 e. The molecule has 10 heteroatoms. The molecule has 0 unspecified atom stereocenters. The van der Waals surface area contributed by atoms with E-state index >= 15 is 0 Å². The van der Waals surface area contributed by atoms with Crippen LogP contribution in [-0.4, -0.2) is 30.8 Å². The molecule has 3 rings (SSSR count). The van der Waals surface area contributed by atoms with Crippen molar-refractivity contribution in [3.8, 4) is 5.75 Å². The Hall–Kier alpha value is -3.53. The number of hydrogen-bond acceptors (Lipinski definition) is 8. The molecular weight excluding hydrogens is 376 g/mol. The van der Waals surface area contributed by atoms with Crippen LogP contribution in [0.3, 0.4) is 0 Å². The van der Waals surface area contributed by atoms with E-state index in [1.807, 2.05) is 30.3 Å². The van der Waals surface area contributed by atoms with Crippen molar-refractivity contribution in [2.24, 2.45) is 7.05 Å². The summed E-state index contributed by atoms with van der Waals surface area (Å²) in [6, 6.07) is 9.71. The summed E-state index contributed by atoms with van der Waals surface area (Å²) in [4.78, 5) is 29.2. The molecule has 0 fully saturated rings. The molecule has 0 saturated heterocycles. The highest BCUT2D eigenvalue weighted by molar-refractivity contribution is 5.89. The Labute approximate surface area is 166 Å². The summed E-state index contributed by atoms with van der Waals surface area (Å²) in [7, 11) is 1.48. The van der Waals surface area contributed by atoms with Gasteiger partial charge in [0.2, 0.25) is 12.1 Å². The Bertz CT molecular complexity index is 1040. The summed E-state index contributed by atoms with van der Waals surface area (Å²) >= 11 is 0. The van der Waals surface area contributed by atoms with E-state index < -0.39 is 22.8 Å². The number of aromatic hydroxyl groups is 1. The molecule has 0 spiro atoms. The molecule has 0 atom stereocenters. The quantitative estimate of drug-likeness (QED) is 0.532. The van der Waals surface area contributed by atoms with Crippen LogP contribution in [-0.2, 0) is 25.7 Å². The van der Waals surface area contributed by atoms with Crippen LogP contribution in [0.4, 0.5) is 0 Å². The normalized spacial score (nSPS) is 11.4. The number of rotatable bonds is 7. The summed E-state index contributed by atoms with van der Waals surface area (Å²) in [6.07, 6.45) is 1.05. The van der Waals surface area contributed by atoms with Gasteiger partial charge in [-0.05, 0) is 19.4 Å². The lowest BCUT2D eigenvalue weighted by molar-refractivity contribution is 0.0870. The number of benzene rings is 1. The second-order valence-corrected chi connectivity index (χ2v) is 7.01. The fraction of sp³-hybridized carbons (Fsp3) is 0.316. The predicted molar refractivity (Wildman–Crippen MR) is 103 cm³/mol. The van der Waals surface area contributed by atoms with E-state index in [0.717, 1.165) is 12.0 Å². The van der Waals surface area contributed by atoms with Gasteiger partial charge in [0.15, 0.2) is 0 Å². The molecular formula is C19H22N6O4. The molecule has 3 aromatic rings. The number of nitrogens with one attached hydrogen (secondary N) is 2. The van der Waals surface area contributed by atoms with Gasteiger partial charge in [-0.2, -0.15) is 0 Å². The van der Waals surface area contributed by atoms with Crippen LogP contribution in [0.5, 0.6) is 5.75 Å². The third-order valence-corrected chi connectivity index (χ3v) is 4.34. The van der Waals surface area contributed by atoms with Crippen molar-refractivity contribution in [2.45, 2.75) is 32.5 Å². The van der Waals surface area contributed by atoms with Crippen LogP contribution < -0.4 is 16.2 Å². The van der Waals surface area contributed by atoms with Gasteiger partial charge >= 0.3 is 11.8 Å². The Morgan fingerprint density at radius 2 is 1.97 bits per heavy atom. The number of hydrogen-bond donors (Lipinski definition) is 3. The van der Waals surface area contributed by atoms with Gasteiger partial charge in [0.05, 0.1) is 5.54 Å². The molecule has 0 aliphatic heterocycles. The second-order valence-electron chi connectivity index (χ2n) is 7.01. The first kappa shape index (κ1) is 20.2. The second kappa shape index (κ2) is 8.23. The van der Waals surface area contributed by atoms with Crippen molar-refractivity contribution in [3.05, 3.63) is 70.1 Å². The van der Waals surface area contributed by atoms with Crippen molar-refractivity contribution < 1.29 is 14.3 Å². The summed E-state index contributed by atoms with van der Waals surface area (Å²) in [5.41, 5.74) is -0.407. The summed E-state index contributed by atoms with van der Waals surface area (Å²) in [5.74, 6) is -0.967. The van der Waals surface area contributed by atoms with E-state index in [9.17, 15) is 14.7 Å². The molecule has 2 heterocycles. The molecule has 10 nitrogen and oxygen atoms in total. The zero-order chi connectivity index (χ0) is 21.0. The first-order valence-electron chi connectivity index (χ1n) is 8.92. The Morgan fingerprint density at radius 1 is 1.24 bits per heavy atom. The molecule has 3 N–H and O–H groups in total. The van der Waals surface area contributed by atoms with E-state index in [-0.39, 0.29) is 24.0 Å². The van der Waals surface area contributed by atoms with Gasteiger partial charge in [0, 0.05) is 20.1 Å². The molecule has 1 aromatic carbocycles. The third-order valence-electron chi connectivity index (χ3n) is 4.34. The van der Waals surface area contributed by atoms with Crippen molar-refractivity contribution in [1.82, 2.24) is 30.4 Å². The highest BCUT2D eigenvalue weighted by atomic mass is 16.4. The van der Waals surface area contributed by atoms with Crippen LogP contribution in [0.25, 0.3) is 0 Å². The number of aromatic nitrogens is 4. The standard InChI is InChI=1S/C19H22N6O4/c1-19(2,23-15(27)16-24-21-11-29-16)18-22-13(14(26)17(28)25(18)3)10-20-9-12-7-5-4-6-8-12/h4-8,11,20,26H,9-10H2,1-3H3,(H,23,27). The van der Waals surface area contributed by atoms with Gasteiger partial charge in [-0.25, -0.2) is 4.98 Å². The predicted octanol–water partition coefficient (Wildman–Crippen LogP) is 0.824. The zero-order valence-corrected chi connectivity index (χ0v) is 16.3. The first-order valence-corrected chi connectivity index (χ1v) is 8.92. The lowest BCUT2D eigenvalue weighted by Gasteiger charge is -2.27. The molecule has 1 amide bonds. The van der Waals surface area contributed by atoms with E-state index in [1.165, 1.54) is 11.6 Å². The zero-order valence-electron chi connectivity index (χ0n) is 16.3. The fourth-order valence-corrected chi connectivity index (χ4v) is 2.90. The van der Waals surface area contributed by atoms with Crippen molar-refractivity contribution in [2.75, 3.05) is 0 Å². The Kier molecular flexibility index (Phi) is 5.74. The average molecular weight is 398 g/mol. The van der Waals surface area contributed by atoms with Gasteiger partial charge < -0.3 is 20.2 Å². The van der Waals surface area contributed by atoms with Crippen molar-refractivity contribution >= 4 is 5.91 Å². The van der Waals surface area contributed by atoms with Gasteiger partial charge in [0.1, 0.15) is 11.5 Å². The molecule has 0 saturated carbocycles. The van der Waals surface area contributed by atoms with Gasteiger partial charge in [0.25, 0.3) is 5.56 Å². The first-order chi connectivity index (χ1) is 13.8. The molecule has 29 heavy (non-hydrogen) atoms. The Morgan fingerprint density at radius 3 is 2.62 bits per heavy atom. The lowest BCUT2D eigenvalue weighted by atomic mass is 10.0. The molecule has 2 aromatic heterocycles. The number of carbonyl (C=O) groups is 1. The molecule has 0 aliphatic rings. The van der Waals surface area contributed by atoms with Crippen LogP contribution in [0.2, 0.25) is 0 Å². The highest BCUT2D eigenvalue weighted by Crippen LogP contribution is 2.20.